The van der Waals surface area contributed by atoms with Gasteiger partial charge in [0.05, 0.1) is 32.9 Å². The van der Waals surface area contributed by atoms with Crippen LogP contribution in [0.5, 0.6) is 0 Å². The van der Waals surface area contributed by atoms with Crippen LogP contribution in [0.1, 0.15) is 55.2 Å². The van der Waals surface area contributed by atoms with Gasteiger partial charge in [-0.15, -0.1) is 0 Å². The van der Waals surface area contributed by atoms with Crippen molar-refractivity contribution in [3.8, 4) is 11.1 Å². The van der Waals surface area contributed by atoms with Gasteiger partial charge in [-0.25, -0.2) is 0 Å². The van der Waals surface area contributed by atoms with E-state index >= 15 is 0 Å². The van der Waals surface area contributed by atoms with Crippen LogP contribution in [0, 0.1) is 0 Å². The number of benzene rings is 7. The van der Waals surface area contributed by atoms with Crippen molar-refractivity contribution in [3.63, 3.8) is 0 Å². The third-order valence-electron chi connectivity index (χ3n) is 6.02. The molecule has 0 nitrogen and oxygen atoms in total. The Hall–Kier alpha value is -4.68. The van der Waals surface area contributed by atoms with Crippen molar-refractivity contribution in [2.75, 3.05) is 0 Å². The monoisotopic (exact) mass is 508 g/mol. The summed E-state index contributed by atoms with van der Waals surface area (Å²) in [6.07, 6.45) is -1.48. The predicted octanol–water partition coefficient (Wildman–Crippen LogP) is 9.99. The summed E-state index contributed by atoms with van der Waals surface area (Å²) in [6, 6.07) is -18.4. The first-order valence-electron chi connectivity index (χ1n) is 23.4. The van der Waals surface area contributed by atoms with E-state index in [1.165, 1.54) is 0 Å². The van der Waals surface area contributed by atoms with Crippen molar-refractivity contribution in [2.24, 2.45) is 0 Å². The Bertz CT molecular complexity index is 3090. The Kier molecular flexibility index (Phi) is 2.20. The van der Waals surface area contributed by atoms with E-state index in [4.69, 9.17) is 32.9 Å². The molecule has 0 aliphatic carbocycles. The second kappa shape index (κ2) is 9.65. The lowest BCUT2D eigenvalue weighted by Gasteiger charge is -2.17. The van der Waals surface area contributed by atoms with Crippen LogP contribution in [0.2, 0.25) is 0 Å². The maximum Gasteiger partial charge on any atom is 0.0636 e. The highest BCUT2D eigenvalue weighted by atomic mass is 14.2. The highest BCUT2D eigenvalue weighted by Crippen LogP contribution is 2.36. The molecule has 0 bridgehead atoms. The van der Waals surface area contributed by atoms with E-state index in [0.29, 0.717) is 0 Å². The van der Waals surface area contributed by atoms with Gasteiger partial charge in [0.2, 0.25) is 0 Å². The summed E-state index contributed by atoms with van der Waals surface area (Å²) in [5.74, 6) is 0. The number of hydrogen-bond acceptors (Lipinski definition) is 0. The minimum Gasteiger partial charge on any atom is -0.0622 e. The van der Waals surface area contributed by atoms with E-state index in [1.54, 1.807) is 0 Å². The maximum absolute atomic E-state index is 9.15. The first-order chi connectivity index (χ1) is 28.8. The second-order valence-corrected chi connectivity index (χ2v) is 8.27. The molecule has 180 valence electrons. The van der Waals surface area contributed by atoms with Crippen molar-refractivity contribution in [1.29, 1.82) is 0 Å². The van der Waals surface area contributed by atoms with Gasteiger partial charge in [-0.3, -0.25) is 0 Å². The van der Waals surface area contributed by atoms with Gasteiger partial charge in [-0.1, -0.05) is 139 Å². The molecular weight excluding hydrogens is 456 g/mol. The van der Waals surface area contributed by atoms with Crippen LogP contribution in [0.25, 0.3) is 43.4 Å². The number of hydrogen-bond donors (Lipinski definition) is 0. The molecule has 7 aromatic rings. The van der Waals surface area contributed by atoms with Crippen LogP contribution in [-0.2, 0) is 12.8 Å². The van der Waals surface area contributed by atoms with E-state index in [9.17, 15) is 0 Å². The summed E-state index contributed by atoms with van der Waals surface area (Å²) in [5, 5.41) is -2.49. The quantitative estimate of drug-likeness (QED) is 0.203. The standard InChI is InChI=1S/C38H28/c1-2-10-27(11-3-1)24-37-33-14-6-8-16-35(33)38(36-17-9-7-15-34(36)37)25-28-18-20-30(21-19-28)32-23-22-29-12-4-5-13-31(29)26-32/h1-23,26H,24-25H2/i1D,2D,3D,4D,5D,6D,7D,8D,9D,10D,11D,12D,13D,14D,15D,16D,17D,18D,19D,20D,21D,22D,23D,26D. The summed E-state index contributed by atoms with van der Waals surface area (Å²) in [6.45, 7) is 0. The Morgan fingerprint density at radius 3 is 1.39 bits per heavy atom. The molecule has 0 atom stereocenters. The molecular formula is C38H28. The van der Waals surface area contributed by atoms with E-state index in [2.05, 4.69) is 0 Å². The summed E-state index contributed by atoms with van der Waals surface area (Å²) in [4.78, 5) is 0. The summed E-state index contributed by atoms with van der Waals surface area (Å²) in [5.41, 5.74) is -2.70. The fourth-order valence-corrected chi connectivity index (χ4v) is 4.31. The molecule has 0 spiro atoms. The molecule has 0 aliphatic heterocycles. The van der Waals surface area contributed by atoms with Gasteiger partial charge in [-0.2, -0.15) is 0 Å². The van der Waals surface area contributed by atoms with E-state index in [-0.39, 0.29) is 38.2 Å². The van der Waals surface area contributed by atoms with Crippen LogP contribution in [-0.4, -0.2) is 0 Å². The number of rotatable bonds is 5. The Morgan fingerprint density at radius 2 is 0.816 bits per heavy atom. The molecule has 7 rings (SSSR count). The molecule has 0 amide bonds. The predicted molar refractivity (Wildman–Crippen MR) is 163 cm³/mol. The lowest BCUT2D eigenvalue weighted by molar-refractivity contribution is 1.21. The Morgan fingerprint density at radius 1 is 0.368 bits per heavy atom. The zero-order valence-corrected chi connectivity index (χ0v) is 19.4. The molecule has 0 N–H and O–H groups in total. The fraction of sp³-hybridized carbons (Fsp3) is 0.0526. The molecule has 0 aliphatic rings. The molecule has 7 aromatic carbocycles. The van der Waals surface area contributed by atoms with Crippen molar-refractivity contribution in [2.45, 2.75) is 12.8 Å². The Balaban J connectivity index is 1.62. The van der Waals surface area contributed by atoms with E-state index in [0.717, 1.165) is 0 Å². The summed E-state index contributed by atoms with van der Waals surface area (Å²) in [7, 11) is 0. The number of fused-ring (bicyclic) bond motifs is 3. The van der Waals surface area contributed by atoms with Gasteiger partial charge in [0.25, 0.3) is 0 Å². The van der Waals surface area contributed by atoms with Crippen LogP contribution in [0.15, 0.2) is 145 Å². The van der Waals surface area contributed by atoms with Gasteiger partial charge < -0.3 is 0 Å². The molecule has 38 heavy (non-hydrogen) atoms. The average molecular weight is 509 g/mol. The average Bonchev–Trinajstić information content (AvgIpc) is 3.24. The van der Waals surface area contributed by atoms with Gasteiger partial charge in [0.1, 0.15) is 0 Å². The lowest BCUT2D eigenvalue weighted by atomic mass is 9.86. The maximum atomic E-state index is 9.15. The minimum absolute atomic E-state index is 0.252. The molecule has 0 saturated carbocycles. The smallest absolute Gasteiger partial charge is 0.0622 e. The Labute approximate surface area is 257 Å². The van der Waals surface area contributed by atoms with Crippen LogP contribution >= 0.6 is 0 Å². The molecule has 0 radical (unpaired) electrons. The normalized spacial score (nSPS) is 20.2. The van der Waals surface area contributed by atoms with Gasteiger partial charge in [-0.05, 0) is 84.6 Å². The second-order valence-electron chi connectivity index (χ2n) is 8.27. The third-order valence-corrected chi connectivity index (χ3v) is 6.02. The van der Waals surface area contributed by atoms with Crippen LogP contribution < -0.4 is 0 Å². The van der Waals surface area contributed by atoms with Gasteiger partial charge in [0, 0.05) is 0 Å². The van der Waals surface area contributed by atoms with Gasteiger partial charge >= 0.3 is 0 Å². The van der Waals surface area contributed by atoms with Crippen molar-refractivity contribution < 1.29 is 32.9 Å². The fourth-order valence-electron chi connectivity index (χ4n) is 4.31. The van der Waals surface area contributed by atoms with Crippen LogP contribution in [0.3, 0.4) is 0 Å². The SMILES string of the molecule is [2H]c1c([2H])c([2H])c(Cc2c3c([2H])c([2H])c([2H])c([2H])c3c(Cc3c([2H])c([2H])c(-c4c([2H])c([2H])c5c([2H])c([2H])c([2H])c([2H])c5c4[2H])c([2H])c3[2H])c3c([2H])c([2H])c([2H])c([2H])c23)c([2H])c1[2H]. The summed E-state index contributed by atoms with van der Waals surface area (Å²) < 4.78 is 208. The van der Waals surface area contributed by atoms with E-state index in [1.807, 2.05) is 0 Å². The molecule has 0 fully saturated rings. The van der Waals surface area contributed by atoms with E-state index < -0.39 is 185 Å². The van der Waals surface area contributed by atoms with Crippen molar-refractivity contribution in [1.82, 2.24) is 0 Å². The molecule has 0 heterocycles. The molecule has 0 aromatic heterocycles. The molecule has 0 unspecified atom stereocenters. The highest BCUT2D eigenvalue weighted by molar-refractivity contribution is 6.06. The van der Waals surface area contributed by atoms with Gasteiger partial charge in [0.15, 0.2) is 0 Å². The zero-order chi connectivity index (χ0) is 46.2. The lowest BCUT2D eigenvalue weighted by Crippen LogP contribution is -1.98. The first-order valence-corrected chi connectivity index (χ1v) is 11.4. The topological polar surface area (TPSA) is 0 Å². The van der Waals surface area contributed by atoms with Crippen molar-refractivity contribution >= 4 is 32.3 Å². The minimum atomic E-state index is -0.877. The molecule has 0 saturated heterocycles. The first kappa shape index (κ1) is 8.68. The molecule has 0 heteroatoms. The zero-order valence-electron chi connectivity index (χ0n) is 43.4. The largest absolute Gasteiger partial charge is 0.0636 e. The highest BCUT2D eigenvalue weighted by Gasteiger charge is 2.14. The van der Waals surface area contributed by atoms with Crippen LogP contribution in [0.4, 0.5) is 0 Å². The van der Waals surface area contributed by atoms with Crippen molar-refractivity contribution in [3.05, 3.63) is 167 Å². The summed E-state index contributed by atoms with van der Waals surface area (Å²) >= 11 is 0. The third kappa shape index (κ3) is 4.15.